The molecule has 4 aromatic rings. The highest BCUT2D eigenvalue weighted by atomic mass is 16.6. The highest BCUT2D eigenvalue weighted by Gasteiger charge is 2.33. The van der Waals surface area contributed by atoms with Crippen LogP contribution < -0.4 is 10.1 Å². The number of aliphatic hydroxyl groups is 1. The summed E-state index contributed by atoms with van der Waals surface area (Å²) in [7, 11) is 0. The van der Waals surface area contributed by atoms with Crippen LogP contribution in [-0.4, -0.2) is 28.6 Å². The SMILES string of the molecule is O=C(NC(CO)c1ccccc1)C1CCCC[C@H]1c1ccc(CN(Cc2ccccc2)C(=O)Oc2ccccc2)cc1. The van der Waals surface area contributed by atoms with E-state index in [1.165, 1.54) is 0 Å². The van der Waals surface area contributed by atoms with E-state index < -0.39 is 12.1 Å². The molecule has 3 atom stereocenters. The Balaban J connectivity index is 1.29. The number of nitrogens with one attached hydrogen (secondary N) is 1. The van der Waals surface area contributed by atoms with E-state index in [9.17, 15) is 14.7 Å². The van der Waals surface area contributed by atoms with E-state index in [1.807, 2.05) is 91.0 Å². The first-order chi connectivity index (χ1) is 20.6. The molecule has 2 unspecified atom stereocenters. The second-order valence-corrected chi connectivity index (χ2v) is 10.9. The molecule has 6 nitrogen and oxygen atoms in total. The fourth-order valence-corrected chi connectivity index (χ4v) is 5.78. The lowest BCUT2D eigenvalue weighted by Gasteiger charge is -2.32. The standard InChI is InChI=1S/C36H38N2O4/c39-26-34(30-14-6-2-7-15-30)37-35(40)33-19-11-10-18-32(33)29-22-20-28(21-23-29)25-38(24-27-12-4-1-5-13-27)36(41)42-31-16-8-3-9-17-31/h1-9,12-17,20-23,32-34,39H,10-11,18-19,24-26H2,(H,37,40)/t32-,33?,34?/m0/s1. The normalized spacial score (nSPS) is 17.2. The number of aliphatic hydroxyl groups excluding tert-OH is 1. The Morgan fingerprint density at radius 1 is 0.762 bits per heavy atom. The molecular weight excluding hydrogens is 524 g/mol. The molecule has 1 aliphatic carbocycles. The fourth-order valence-electron chi connectivity index (χ4n) is 5.78. The third-order valence-corrected chi connectivity index (χ3v) is 8.01. The first-order valence-corrected chi connectivity index (χ1v) is 14.7. The number of ether oxygens (including phenoxy) is 1. The van der Waals surface area contributed by atoms with Crippen LogP contribution in [0.25, 0.3) is 0 Å². The van der Waals surface area contributed by atoms with Gasteiger partial charge in [-0.3, -0.25) is 9.69 Å². The van der Waals surface area contributed by atoms with Crippen LogP contribution in [0.15, 0.2) is 115 Å². The Hall–Kier alpha value is -4.42. The van der Waals surface area contributed by atoms with E-state index >= 15 is 0 Å². The Bertz CT molecular complexity index is 1410. The van der Waals surface area contributed by atoms with E-state index in [1.54, 1.807) is 17.0 Å². The van der Waals surface area contributed by atoms with Crippen LogP contribution in [0.3, 0.4) is 0 Å². The number of carbonyl (C=O) groups is 2. The zero-order chi connectivity index (χ0) is 29.1. The minimum absolute atomic E-state index is 0.00984. The molecule has 2 amide bonds. The molecule has 0 radical (unpaired) electrons. The molecule has 1 saturated carbocycles. The van der Waals surface area contributed by atoms with Gasteiger partial charge in [0.05, 0.1) is 12.6 Å². The molecular formula is C36H38N2O4. The monoisotopic (exact) mass is 562 g/mol. The summed E-state index contributed by atoms with van der Waals surface area (Å²) in [5.41, 5.74) is 4.03. The van der Waals surface area contributed by atoms with Gasteiger partial charge in [-0.05, 0) is 53.1 Å². The van der Waals surface area contributed by atoms with Crippen molar-refractivity contribution in [2.75, 3.05) is 6.61 Å². The van der Waals surface area contributed by atoms with Crippen LogP contribution in [0.1, 0.15) is 59.9 Å². The van der Waals surface area contributed by atoms with Gasteiger partial charge in [0, 0.05) is 19.0 Å². The van der Waals surface area contributed by atoms with Gasteiger partial charge in [0.25, 0.3) is 0 Å². The third kappa shape index (κ3) is 7.65. The zero-order valence-corrected chi connectivity index (χ0v) is 23.8. The van der Waals surface area contributed by atoms with Gasteiger partial charge in [-0.1, -0.05) is 116 Å². The van der Waals surface area contributed by atoms with Gasteiger partial charge in [-0.15, -0.1) is 0 Å². The lowest BCUT2D eigenvalue weighted by molar-refractivity contribution is -0.127. The van der Waals surface area contributed by atoms with Gasteiger partial charge in [0.1, 0.15) is 5.75 Å². The molecule has 2 N–H and O–H groups in total. The number of para-hydroxylation sites is 1. The molecule has 0 spiro atoms. The molecule has 6 heteroatoms. The first-order valence-electron chi connectivity index (χ1n) is 14.7. The summed E-state index contributed by atoms with van der Waals surface area (Å²) in [6, 6.07) is 36.5. The Labute approximate surface area is 248 Å². The maximum absolute atomic E-state index is 13.5. The molecule has 0 aromatic heterocycles. The van der Waals surface area contributed by atoms with Gasteiger partial charge >= 0.3 is 6.09 Å². The number of amides is 2. The lowest BCUT2D eigenvalue weighted by atomic mass is 9.74. The van der Waals surface area contributed by atoms with Crippen molar-refractivity contribution >= 4 is 12.0 Å². The number of benzene rings is 4. The van der Waals surface area contributed by atoms with Crippen molar-refractivity contribution in [1.29, 1.82) is 0 Å². The molecule has 0 aliphatic heterocycles. The minimum atomic E-state index is -0.421. The van der Waals surface area contributed by atoms with Crippen molar-refractivity contribution < 1.29 is 19.4 Å². The number of carbonyl (C=O) groups excluding carboxylic acids is 2. The first kappa shape index (κ1) is 29.1. The summed E-state index contributed by atoms with van der Waals surface area (Å²) in [4.78, 5) is 28.4. The summed E-state index contributed by atoms with van der Waals surface area (Å²) in [5.74, 6) is 0.446. The molecule has 5 rings (SSSR count). The molecule has 42 heavy (non-hydrogen) atoms. The maximum atomic E-state index is 13.5. The summed E-state index contributed by atoms with van der Waals surface area (Å²) < 4.78 is 5.68. The van der Waals surface area contributed by atoms with E-state index in [-0.39, 0.29) is 24.3 Å². The van der Waals surface area contributed by atoms with Crippen molar-refractivity contribution in [1.82, 2.24) is 10.2 Å². The van der Waals surface area contributed by atoms with Gasteiger partial charge in [-0.2, -0.15) is 0 Å². The van der Waals surface area contributed by atoms with E-state index in [0.717, 1.165) is 47.9 Å². The molecule has 1 aliphatic rings. The third-order valence-electron chi connectivity index (χ3n) is 8.01. The summed E-state index contributed by atoms with van der Waals surface area (Å²) in [5, 5.41) is 13.1. The van der Waals surface area contributed by atoms with Gasteiger partial charge < -0.3 is 15.2 Å². The largest absolute Gasteiger partial charge is 0.415 e. The summed E-state index contributed by atoms with van der Waals surface area (Å²) in [6.45, 7) is 0.672. The number of hydrogen-bond acceptors (Lipinski definition) is 4. The number of hydrogen-bond donors (Lipinski definition) is 2. The molecule has 0 bridgehead atoms. The Morgan fingerprint density at radius 2 is 1.33 bits per heavy atom. The van der Waals surface area contributed by atoms with Crippen LogP contribution in [0, 0.1) is 5.92 Å². The van der Waals surface area contributed by atoms with Crippen LogP contribution in [0.5, 0.6) is 5.75 Å². The topological polar surface area (TPSA) is 78.9 Å². The van der Waals surface area contributed by atoms with Crippen LogP contribution >= 0.6 is 0 Å². The van der Waals surface area contributed by atoms with Crippen molar-refractivity contribution in [3.8, 4) is 5.75 Å². The Kier molecular flexibility index (Phi) is 10.0. The van der Waals surface area contributed by atoms with Crippen LogP contribution in [0.2, 0.25) is 0 Å². The smallest absolute Gasteiger partial charge is 0.410 e. The van der Waals surface area contributed by atoms with Crippen molar-refractivity contribution in [2.45, 2.75) is 50.7 Å². The highest BCUT2D eigenvalue weighted by molar-refractivity contribution is 5.80. The highest BCUT2D eigenvalue weighted by Crippen LogP contribution is 2.38. The van der Waals surface area contributed by atoms with Crippen LogP contribution in [-0.2, 0) is 17.9 Å². The molecule has 0 saturated heterocycles. The maximum Gasteiger partial charge on any atom is 0.415 e. The van der Waals surface area contributed by atoms with Gasteiger partial charge in [0.15, 0.2) is 0 Å². The van der Waals surface area contributed by atoms with E-state index in [4.69, 9.17) is 4.74 Å². The van der Waals surface area contributed by atoms with E-state index in [2.05, 4.69) is 17.4 Å². The van der Waals surface area contributed by atoms with Crippen molar-refractivity contribution in [3.63, 3.8) is 0 Å². The molecule has 1 fully saturated rings. The quantitative estimate of drug-likeness (QED) is 0.218. The summed E-state index contributed by atoms with van der Waals surface area (Å²) >= 11 is 0. The minimum Gasteiger partial charge on any atom is -0.410 e. The second-order valence-electron chi connectivity index (χ2n) is 10.9. The fraction of sp³-hybridized carbons (Fsp3) is 0.278. The molecule has 216 valence electrons. The predicted molar refractivity (Wildman–Crippen MR) is 164 cm³/mol. The average Bonchev–Trinajstić information content (AvgIpc) is 3.05. The lowest BCUT2D eigenvalue weighted by Crippen LogP contribution is -2.39. The summed E-state index contributed by atoms with van der Waals surface area (Å²) in [6.07, 6.45) is 3.45. The molecule has 0 heterocycles. The Morgan fingerprint density at radius 3 is 1.98 bits per heavy atom. The molecule has 4 aromatic carbocycles. The van der Waals surface area contributed by atoms with Gasteiger partial charge in [-0.25, -0.2) is 4.79 Å². The number of rotatable bonds is 10. The van der Waals surface area contributed by atoms with Gasteiger partial charge in [0.2, 0.25) is 5.91 Å². The van der Waals surface area contributed by atoms with Crippen molar-refractivity contribution in [3.05, 3.63) is 138 Å². The predicted octanol–water partition coefficient (Wildman–Crippen LogP) is 7.01. The van der Waals surface area contributed by atoms with Crippen molar-refractivity contribution in [2.24, 2.45) is 5.92 Å². The second kappa shape index (κ2) is 14.5. The number of nitrogens with zero attached hydrogens (tertiary/aromatic N) is 1. The average molecular weight is 563 g/mol. The van der Waals surface area contributed by atoms with Crippen LogP contribution in [0.4, 0.5) is 4.79 Å². The van der Waals surface area contributed by atoms with E-state index in [0.29, 0.717) is 18.8 Å². The zero-order valence-electron chi connectivity index (χ0n) is 23.8.